The first kappa shape index (κ1) is 20.7. The molecular formula is C22H34N2O6. The Morgan fingerprint density at radius 1 is 0.567 bits per heavy atom. The van der Waals surface area contributed by atoms with Crippen LogP contribution in [0, 0.1) is 11.8 Å². The Hall–Kier alpha value is -1.22. The fourth-order valence-electron chi connectivity index (χ4n) is 5.81. The van der Waals surface area contributed by atoms with E-state index in [1.54, 1.807) is 0 Å². The predicted octanol–water partition coefficient (Wildman–Crippen LogP) is 1.52. The van der Waals surface area contributed by atoms with Crippen molar-refractivity contribution in [3.8, 4) is 0 Å². The van der Waals surface area contributed by atoms with E-state index in [4.69, 9.17) is 18.9 Å². The number of rotatable bonds is 2. The van der Waals surface area contributed by atoms with Crippen LogP contribution in [0.25, 0.3) is 0 Å². The fourth-order valence-corrected chi connectivity index (χ4v) is 5.81. The second-order valence-corrected chi connectivity index (χ2v) is 9.41. The van der Waals surface area contributed by atoms with Crippen molar-refractivity contribution in [3.05, 3.63) is 0 Å². The zero-order valence-electron chi connectivity index (χ0n) is 17.8. The van der Waals surface area contributed by atoms with Crippen molar-refractivity contribution in [2.24, 2.45) is 11.8 Å². The molecule has 5 rings (SSSR count). The van der Waals surface area contributed by atoms with Gasteiger partial charge in [-0.3, -0.25) is 9.59 Å². The van der Waals surface area contributed by atoms with Gasteiger partial charge in [-0.15, -0.1) is 0 Å². The maximum atomic E-state index is 13.0. The molecule has 4 saturated heterocycles. The summed E-state index contributed by atoms with van der Waals surface area (Å²) in [7, 11) is 0. The lowest BCUT2D eigenvalue weighted by Gasteiger charge is -2.41. The molecule has 8 nitrogen and oxygen atoms in total. The molecule has 8 heteroatoms. The molecule has 0 bridgehead atoms. The van der Waals surface area contributed by atoms with Gasteiger partial charge < -0.3 is 28.7 Å². The third-order valence-electron chi connectivity index (χ3n) is 7.73. The highest BCUT2D eigenvalue weighted by Gasteiger charge is 2.44. The monoisotopic (exact) mass is 422 g/mol. The number of carbonyl (C=O) groups is 2. The standard InChI is InChI=1S/C22H34N2O6/c25-19(23-9-5-21(6-10-23)27-13-14-28-21)17-1-2-18(4-3-17)20(26)24-11-7-22(8-12-24)29-15-16-30-22/h17-18H,1-16H2. The van der Waals surface area contributed by atoms with Crippen molar-refractivity contribution in [2.45, 2.75) is 62.9 Å². The normalized spacial score (nSPS) is 33.3. The lowest BCUT2D eigenvalue weighted by Crippen LogP contribution is -2.50. The van der Waals surface area contributed by atoms with Gasteiger partial charge in [0.1, 0.15) is 0 Å². The summed E-state index contributed by atoms with van der Waals surface area (Å²) in [4.78, 5) is 30.0. The van der Waals surface area contributed by atoms with Gasteiger partial charge in [-0.1, -0.05) is 0 Å². The molecule has 4 heterocycles. The molecule has 5 aliphatic rings. The van der Waals surface area contributed by atoms with Crippen molar-refractivity contribution in [2.75, 3.05) is 52.6 Å². The molecule has 5 fully saturated rings. The van der Waals surface area contributed by atoms with Gasteiger partial charge in [0, 0.05) is 63.7 Å². The predicted molar refractivity (Wildman–Crippen MR) is 106 cm³/mol. The maximum Gasteiger partial charge on any atom is 0.225 e. The number of carbonyl (C=O) groups excluding carboxylic acids is 2. The molecule has 30 heavy (non-hydrogen) atoms. The molecule has 0 radical (unpaired) electrons. The molecule has 0 aromatic rings. The number of nitrogens with zero attached hydrogens (tertiary/aromatic N) is 2. The molecule has 2 spiro atoms. The van der Waals surface area contributed by atoms with Crippen LogP contribution in [0.2, 0.25) is 0 Å². The minimum atomic E-state index is -0.442. The van der Waals surface area contributed by atoms with E-state index < -0.39 is 11.6 Å². The van der Waals surface area contributed by atoms with Gasteiger partial charge in [0.2, 0.25) is 11.8 Å². The average molecular weight is 423 g/mol. The van der Waals surface area contributed by atoms with Gasteiger partial charge in [0.05, 0.1) is 26.4 Å². The molecule has 0 unspecified atom stereocenters. The zero-order valence-corrected chi connectivity index (χ0v) is 17.8. The van der Waals surface area contributed by atoms with Crippen LogP contribution in [0.1, 0.15) is 51.4 Å². The second-order valence-electron chi connectivity index (χ2n) is 9.41. The lowest BCUT2D eigenvalue weighted by atomic mass is 9.80. The summed E-state index contributed by atoms with van der Waals surface area (Å²) >= 11 is 0. The highest BCUT2D eigenvalue weighted by molar-refractivity contribution is 5.81. The minimum absolute atomic E-state index is 0.0541. The van der Waals surface area contributed by atoms with Crippen LogP contribution >= 0.6 is 0 Å². The molecule has 0 aromatic carbocycles. The summed E-state index contributed by atoms with van der Waals surface area (Å²) in [6.07, 6.45) is 6.29. The molecule has 4 aliphatic heterocycles. The summed E-state index contributed by atoms with van der Waals surface area (Å²) in [6.45, 7) is 5.45. The van der Waals surface area contributed by atoms with Crippen LogP contribution in [0.15, 0.2) is 0 Å². The van der Waals surface area contributed by atoms with Crippen LogP contribution in [-0.4, -0.2) is 85.8 Å². The second kappa shape index (κ2) is 8.37. The Kier molecular flexibility index (Phi) is 5.77. The molecule has 1 saturated carbocycles. The van der Waals surface area contributed by atoms with Crippen LogP contribution in [0.5, 0.6) is 0 Å². The Balaban J connectivity index is 1.07. The number of hydrogen-bond acceptors (Lipinski definition) is 6. The Bertz CT molecular complexity index is 574. The topological polar surface area (TPSA) is 77.5 Å². The summed E-state index contributed by atoms with van der Waals surface area (Å²) < 4.78 is 23.1. The molecule has 168 valence electrons. The van der Waals surface area contributed by atoms with E-state index in [-0.39, 0.29) is 23.7 Å². The summed E-state index contributed by atoms with van der Waals surface area (Å²) in [5.41, 5.74) is 0. The molecule has 0 atom stereocenters. The highest BCUT2D eigenvalue weighted by Crippen LogP contribution is 2.36. The van der Waals surface area contributed by atoms with Crippen LogP contribution in [0.3, 0.4) is 0 Å². The van der Waals surface area contributed by atoms with Crippen molar-refractivity contribution < 1.29 is 28.5 Å². The first-order valence-electron chi connectivity index (χ1n) is 11.7. The zero-order chi connectivity index (χ0) is 20.6. The van der Waals surface area contributed by atoms with Gasteiger partial charge in [0.15, 0.2) is 11.6 Å². The van der Waals surface area contributed by atoms with Crippen molar-refractivity contribution in [3.63, 3.8) is 0 Å². The first-order chi connectivity index (χ1) is 14.6. The van der Waals surface area contributed by atoms with E-state index in [0.29, 0.717) is 52.6 Å². The van der Waals surface area contributed by atoms with Crippen LogP contribution in [0.4, 0.5) is 0 Å². The third-order valence-corrected chi connectivity index (χ3v) is 7.73. The van der Waals surface area contributed by atoms with Gasteiger partial charge in [0.25, 0.3) is 0 Å². The van der Waals surface area contributed by atoms with Gasteiger partial charge in [-0.25, -0.2) is 0 Å². The van der Waals surface area contributed by atoms with Crippen LogP contribution < -0.4 is 0 Å². The SMILES string of the molecule is O=C(C1CCC(C(=O)N2CCC3(CC2)OCCO3)CC1)N1CCC2(CC1)OCCO2. The Morgan fingerprint density at radius 2 is 0.867 bits per heavy atom. The van der Waals surface area contributed by atoms with E-state index in [0.717, 1.165) is 51.4 Å². The number of amides is 2. The number of ether oxygens (including phenoxy) is 4. The molecule has 2 amide bonds. The molecule has 0 aromatic heterocycles. The van der Waals surface area contributed by atoms with E-state index >= 15 is 0 Å². The van der Waals surface area contributed by atoms with Gasteiger partial charge >= 0.3 is 0 Å². The minimum Gasteiger partial charge on any atom is -0.347 e. The largest absolute Gasteiger partial charge is 0.347 e. The van der Waals surface area contributed by atoms with Crippen molar-refractivity contribution in [1.82, 2.24) is 9.80 Å². The molecular weight excluding hydrogens is 388 g/mol. The molecule has 0 N–H and O–H groups in total. The first-order valence-corrected chi connectivity index (χ1v) is 11.7. The number of hydrogen-bond donors (Lipinski definition) is 0. The van der Waals surface area contributed by atoms with Gasteiger partial charge in [-0.05, 0) is 25.7 Å². The Morgan fingerprint density at radius 3 is 1.17 bits per heavy atom. The van der Waals surface area contributed by atoms with Crippen LogP contribution in [-0.2, 0) is 28.5 Å². The van der Waals surface area contributed by atoms with E-state index in [9.17, 15) is 9.59 Å². The lowest BCUT2D eigenvalue weighted by molar-refractivity contribution is -0.190. The average Bonchev–Trinajstić information content (AvgIpc) is 3.44. The Labute approximate surface area is 178 Å². The van der Waals surface area contributed by atoms with E-state index in [1.165, 1.54) is 0 Å². The van der Waals surface area contributed by atoms with Crippen molar-refractivity contribution >= 4 is 11.8 Å². The summed E-state index contributed by atoms with van der Waals surface area (Å²) in [5.74, 6) is -0.268. The van der Waals surface area contributed by atoms with E-state index in [2.05, 4.69) is 0 Å². The smallest absolute Gasteiger partial charge is 0.225 e. The quantitative estimate of drug-likeness (QED) is 0.672. The summed E-state index contributed by atoms with van der Waals surface area (Å²) in [5, 5.41) is 0. The maximum absolute atomic E-state index is 13.0. The number of piperidine rings is 2. The third kappa shape index (κ3) is 3.99. The fraction of sp³-hybridized carbons (Fsp3) is 0.909. The van der Waals surface area contributed by atoms with E-state index in [1.807, 2.05) is 9.80 Å². The molecule has 1 aliphatic carbocycles. The summed E-state index contributed by atoms with van der Waals surface area (Å²) in [6, 6.07) is 0. The van der Waals surface area contributed by atoms with Crippen molar-refractivity contribution in [1.29, 1.82) is 0 Å². The highest BCUT2D eigenvalue weighted by atomic mass is 16.7. The van der Waals surface area contributed by atoms with Gasteiger partial charge in [-0.2, -0.15) is 0 Å². The number of likely N-dealkylation sites (tertiary alicyclic amines) is 2.